The monoisotopic (exact) mass is 376 g/mol. The van der Waals surface area contributed by atoms with Crippen LogP contribution >= 0.6 is 23.1 Å². The van der Waals surface area contributed by atoms with E-state index in [1.165, 1.54) is 18.4 Å². The molecule has 1 saturated heterocycles. The minimum atomic E-state index is 0.0161. The van der Waals surface area contributed by atoms with Crippen molar-refractivity contribution in [2.75, 3.05) is 25.4 Å². The Bertz CT molecular complexity index is 698. The van der Waals surface area contributed by atoms with Crippen LogP contribution < -0.4 is 10.6 Å². The quantitative estimate of drug-likeness (QED) is 0.574. The fourth-order valence-corrected chi connectivity index (χ4v) is 4.77. The lowest BCUT2D eigenvalue weighted by Gasteiger charge is -2.23. The summed E-state index contributed by atoms with van der Waals surface area (Å²) in [5, 5.41) is 15.5. The molecule has 1 aliphatic heterocycles. The fourth-order valence-electron chi connectivity index (χ4n) is 2.94. The number of rotatable bonds is 7. The molecule has 1 atom stereocenters. The van der Waals surface area contributed by atoms with Gasteiger partial charge in [-0.3, -0.25) is 4.79 Å². The SMILES string of the molecule is Cc1nnc(SCCCNC(=O)c2cccc([C@@H]3CCCNC3)c2)s1. The first-order chi connectivity index (χ1) is 12.2. The van der Waals surface area contributed by atoms with Crippen LogP contribution in [0.2, 0.25) is 0 Å². The lowest BCUT2D eigenvalue weighted by atomic mass is 9.90. The van der Waals surface area contributed by atoms with Gasteiger partial charge in [-0.15, -0.1) is 10.2 Å². The zero-order valence-electron chi connectivity index (χ0n) is 14.5. The highest BCUT2D eigenvalue weighted by Crippen LogP contribution is 2.24. The molecule has 2 N–H and O–H groups in total. The first kappa shape index (κ1) is 18.4. The number of hydrogen-bond acceptors (Lipinski definition) is 6. The lowest BCUT2D eigenvalue weighted by molar-refractivity contribution is 0.0953. The number of piperidine rings is 1. The maximum atomic E-state index is 12.4. The largest absolute Gasteiger partial charge is 0.352 e. The van der Waals surface area contributed by atoms with E-state index in [-0.39, 0.29) is 5.91 Å². The van der Waals surface area contributed by atoms with Gasteiger partial charge in [0.25, 0.3) is 5.91 Å². The predicted molar refractivity (Wildman–Crippen MR) is 104 cm³/mol. The summed E-state index contributed by atoms with van der Waals surface area (Å²) in [6.45, 7) is 4.75. The minimum absolute atomic E-state index is 0.0161. The third-order valence-corrected chi connectivity index (χ3v) is 6.32. The number of carbonyl (C=O) groups is 1. The molecule has 134 valence electrons. The third-order valence-electron chi connectivity index (χ3n) is 4.26. The Morgan fingerprint density at radius 3 is 3.12 bits per heavy atom. The highest BCUT2D eigenvalue weighted by molar-refractivity contribution is 8.01. The fraction of sp³-hybridized carbons (Fsp3) is 0.500. The molecule has 3 rings (SSSR count). The molecule has 1 aromatic carbocycles. The van der Waals surface area contributed by atoms with Crippen LogP contribution in [-0.4, -0.2) is 41.5 Å². The molecule has 0 spiro atoms. The normalized spacial score (nSPS) is 17.4. The number of hydrogen-bond donors (Lipinski definition) is 2. The van der Waals surface area contributed by atoms with Crippen molar-refractivity contribution in [2.24, 2.45) is 0 Å². The maximum Gasteiger partial charge on any atom is 0.251 e. The molecule has 25 heavy (non-hydrogen) atoms. The summed E-state index contributed by atoms with van der Waals surface area (Å²) in [5.74, 6) is 1.47. The van der Waals surface area contributed by atoms with Crippen LogP contribution in [0.4, 0.5) is 0 Å². The first-order valence-corrected chi connectivity index (χ1v) is 10.5. The van der Waals surface area contributed by atoms with Gasteiger partial charge in [0.05, 0.1) is 0 Å². The van der Waals surface area contributed by atoms with Crippen LogP contribution in [0, 0.1) is 6.92 Å². The Kier molecular flexibility index (Phi) is 6.84. The molecular weight excluding hydrogens is 352 g/mol. The van der Waals surface area contributed by atoms with Crippen molar-refractivity contribution in [2.45, 2.75) is 36.4 Å². The summed E-state index contributed by atoms with van der Waals surface area (Å²) in [7, 11) is 0. The average Bonchev–Trinajstić information content (AvgIpc) is 3.07. The van der Waals surface area contributed by atoms with Crippen molar-refractivity contribution in [3.8, 4) is 0 Å². The van der Waals surface area contributed by atoms with Gasteiger partial charge in [-0.25, -0.2) is 0 Å². The van der Waals surface area contributed by atoms with Crippen LogP contribution in [-0.2, 0) is 0 Å². The van der Waals surface area contributed by atoms with E-state index >= 15 is 0 Å². The van der Waals surface area contributed by atoms with Crippen molar-refractivity contribution in [3.05, 3.63) is 40.4 Å². The number of aromatic nitrogens is 2. The number of amides is 1. The zero-order valence-corrected chi connectivity index (χ0v) is 16.1. The van der Waals surface area contributed by atoms with Gasteiger partial charge in [0.2, 0.25) is 0 Å². The van der Waals surface area contributed by atoms with Crippen molar-refractivity contribution >= 4 is 29.0 Å². The van der Waals surface area contributed by atoms with Gasteiger partial charge in [-0.1, -0.05) is 35.2 Å². The van der Waals surface area contributed by atoms with Gasteiger partial charge in [0.15, 0.2) is 4.34 Å². The van der Waals surface area contributed by atoms with Gasteiger partial charge in [0, 0.05) is 24.4 Å². The Labute approximate surface area is 157 Å². The summed E-state index contributed by atoms with van der Waals surface area (Å²) < 4.78 is 0.998. The van der Waals surface area contributed by atoms with E-state index in [4.69, 9.17) is 0 Å². The molecule has 0 unspecified atom stereocenters. The van der Waals surface area contributed by atoms with E-state index in [0.29, 0.717) is 12.5 Å². The predicted octanol–water partition coefficient (Wildman–Crippen LogP) is 3.23. The third kappa shape index (κ3) is 5.52. The van der Waals surface area contributed by atoms with E-state index in [0.717, 1.165) is 40.2 Å². The summed E-state index contributed by atoms with van der Waals surface area (Å²) >= 11 is 3.31. The molecule has 1 aromatic heterocycles. The van der Waals surface area contributed by atoms with E-state index in [2.05, 4.69) is 26.9 Å². The van der Waals surface area contributed by atoms with Gasteiger partial charge in [-0.05, 0) is 56.3 Å². The maximum absolute atomic E-state index is 12.4. The average molecular weight is 377 g/mol. The minimum Gasteiger partial charge on any atom is -0.352 e. The molecule has 2 heterocycles. The summed E-state index contributed by atoms with van der Waals surface area (Å²) in [6, 6.07) is 8.07. The standard InChI is InChI=1S/C18H24N4OS2/c1-13-21-22-18(25-13)24-10-4-9-20-17(23)15-6-2-5-14(11-15)16-7-3-8-19-12-16/h2,5-6,11,16,19H,3-4,7-10,12H2,1H3,(H,20,23)/t16-/m1/s1. The molecule has 0 saturated carbocycles. The Morgan fingerprint density at radius 2 is 2.36 bits per heavy atom. The molecule has 1 aliphatic rings. The van der Waals surface area contributed by atoms with Crippen LogP contribution in [0.3, 0.4) is 0 Å². The van der Waals surface area contributed by atoms with Crippen molar-refractivity contribution in [3.63, 3.8) is 0 Å². The molecule has 7 heteroatoms. The molecule has 1 fully saturated rings. The van der Waals surface area contributed by atoms with Crippen molar-refractivity contribution in [1.29, 1.82) is 0 Å². The highest BCUT2D eigenvalue weighted by atomic mass is 32.2. The van der Waals surface area contributed by atoms with Gasteiger partial charge < -0.3 is 10.6 Å². The summed E-state index contributed by atoms with van der Waals surface area (Å²) in [4.78, 5) is 12.4. The van der Waals surface area contributed by atoms with Gasteiger partial charge >= 0.3 is 0 Å². The van der Waals surface area contributed by atoms with E-state index in [1.807, 2.05) is 25.1 Å². The molecule has 2 aromatic rings. The van der Waals surface area contributed by atoms with E-state index in [1.54, 1.807) is 23.1 Å². The molecule has 1 amide bonds. The topological polar surface area (TPSA) is 66.9 Å². The number of nitrogens with zero attached hydrogens (tertiary/aromatic N) is 2. The van der Waals surface area contributed by atoms with Crippen LogP contribution in [0.5, 0.6) is 0 Å². The van der Waals surface area contributed by atoms with Gasteiger partial charge in [0.1, 0.15) is 5.01 Å². The first-order valence-electron chi connectivity index (χ1n) is 8.74. The highest BCUT2D eigenvalue weighted by Gasteiger charge is 2.16. The molecule has 0 aliphatic carbocycles. The Balaban J connectivity index is 1.43. The molecular formula is C18H24N4OS2. The molecule has 5 nitrogen and oxygen atoms in total. The van der Waals surface area contributed by atoms with Crippen LogP contribution in [0.25, 0.3) is 0 Å². The second-order valence-corrected chi connectivity index (χ2v) is 8.74. The van der Waals surface area contributed by atoms with Crippen molar-refractivity contribution in [1.82, 2.24) is 20.8 Å². The number of benzene rings is 1. The molecule has 0 bridgehead atoms. The van der Waals surface area contributed by atoms with E-state index in [9.17, 15) is 4.79 Å². The van der Waals surface area contributed by atoms with E-state index < -0.39 is 0 Å². The van der Waals surface area contributed by atoms with Crippen molar-refractivity contribution < 1.29 is 4.79 Å². The van der Waals surface area contributed by atoms with Crippen LogP contribution in [0.1, 0.15) is 46.1 Å². The summed E-state index contributed by atoms with van der Waals surface area (Å²) in [6.07, 6.45) is 3.31. The smallest absolute Gasteiger partial charge is 0.251 e. The van der Waals surface area contributed by atoms with Crippen LogP contribution in [0.15, 0.2) is 28.6 Å². The number of carbonyl (C=O) groups excluding carboxylic acids is 1. The Hall–Kier alpha value is -1.44. The summed E-state index contributed by atoms with van der Waals surface area (Å²) in [5.41, 5.74) is 2.03. The second kappa shape index (κ2) is 9.31. The number of thioether (sulfide) groups is 1. The second-order valence-electron chi connectivity index (χ2n) is 6.21. The number of nitrogens with one attached hydrogen (secondary N) is 2. The lowest BCUT2D eigenvalue weighted by Crippen LogP contribution is -2.29. The van der Waals surface area contributed by atoms with Gasteiger partial charge in [-0.2, -0.15) is 0 Å². The Morgan fingerprint density at radius 1 is 1.44 bits per heavy atom. The number of aryl methyl sites for hydroxylation is 1. The molecule has 0 radical (unpaired) electrons. The zero-order chi connectivity index (χ0) is 17.5.